The zero-order valence-corrected chi connectivity index (χ0v) is 21.5. The normalized spacial score (nSPS) is 27.9. The van der Waals surface area contributed by atoms with Crippen LogP contribution in [-0.2, 0) is 32.6 Å². The minimum atomic E-state index is -1.06. The van der Waals surface area contributed by atoms with Crippen molar-refractivity contribution in [3.63, 3.8) is 0 Å². The highest BCUT2D eigenvalue weighted by molar-refractivity contribution is 7.17. The van der Waals surface area contributed by atoms with Crippen LogP contribution in [0.15, 0.2) is 48.5 Å². The number of carbonyl (C=O) groups is 3. The standard InChI is InChI=1S/C30H27NO5S/c1-15(32)30-19-12-6-3-9-16(19)22(17-10-4-7-13-20(17)30)24-25(30)27(34)31(26(24)33)28-23(29(35)36-2)18-11-5-8-14-21(18)37-28/h3-4,6-7,9-10,12-13,15,22,24-25,32H,5,8,11,14H2,1-2H3. The van der Waals surface area contributed by atoms with Crippen molar-refractivity contribution in [2.75, 3.05) is 12.0 Å². The summed E-state index contributed by atoms with van der Waals surface area (Å²) in [6.45, 7) is 1.72. The predicted octanol–water partition coefficient (Wildman–Crippen LogP) is 4.35. The van der Waals surface area contributed by atoms with Crippen LogP contribution in [0, 0.1) is 11.8 Å². The molecule has 0 spiro atoms. The van der Waals surface area contributed by atoms with Gasteiger partial charge >= 0.3 is 5.97 Å². The van der Waals surface area contributed by atoms with Crippen LogP contribution in [-0.4, -0.2) is 36.1 Å². The van der Waals surface area contributed by atoms with Gasteiger partial charge in [0.25, 0.3) is 0 Å². The Balaban J connectivity index is 1.49. The van der Waals surface area contributed by atoms with Gasteiger partial charge in [0.1, 0.15) is 5.00 Å². The molecular formula is C30H27NO5S. The van der Waals surface area contributed by atoms with E-state index in [2.05, 4.69) is 0 Å². The Morgan fingerprint density at radius 2 is 1.65 bits per heavy atom. The molecule has 2 heterocycles. The van der Waals surface area contributed by atoms with Crippen LogP contribution in [0.3, 0.4) is 0 Å². The van der Waals surface area contributed by atoms with Crippen LogP contribution in [0.5, 0.6) is 0 Å². The molecule has 6 nitrogen and oxygen atoms in total. The van der Waals surface area contributed by atoms with E-state index in [1.807, 2.05) is 48.5 Å². The third kappa shape index (κ3) is 2.66. The van der Waals surface area contributed by atoms with E-state index in [0.29, 0.717) is 10.6 Å². The van der Waals surface area contributed by atoms with Crippen molar-refractivity contribution < 1.29 is 24.2 Å². The van der Waals surface area contributed by atoms with Crippen LogP contribution < -0.4 is 4.90 Å². The largest absolute Gasteiger partial charge is 0.465 e. The smallest absolute Gasteiger partial charge is 0.341 e. The third-order valence-corrected chi connectivity index (χ3v) is 10.4. The van der Waals surface area contributed by atoms with Gasteiger partial charge in [0.05, 0.1) is 36.0 Å². The van der Waals surface area contributed by atoms with E-state index in [1.165, 1.54) is 23.3 Å². The first-order chi connectivity index (χ1) is 17.9. The van der Waals surface area contributed by atoms with Gasteiger partial charge in [0, 0.05) is 10.8 Å². The summed E-state index contributed by atoms with van der Waals surface area (Å²) < 4.78 is 5.14. The first kappa shape index (κ1) is 22.9. The molecule has 8 rings (SSSR count). The van der Waals surface area contributed by atoms with Gasteiger partial charge in [0.2, 0.25) is 11.8 Å². The van der Waals surface area contributed by atoms with Crippen LogP contribution in [0.1, 0.15) is 68.7 Å². The molecule has 37 heavy (non-hydrogen) atoms. The van der Waals surface area contributed by atoms with Gasteiger partial charge in [-0.25, -0.2) is 9.69 Å². The summed E-state index contributed by atoms with van der Waals surface area (Å²) in [5.74, 6) is -2.86. The van der Waals surface area contributed by atoms with E-state index in [9.17, 15) is 19.5 Å². The fraction of sp³-hybridized carbons (Fsp3) is 0.367. The van der Waals surface area contributed by atoms with Gasteiger partial charge in [0.15, 0.2) is 0 Å². The summed E-state index contributed by atoms with van der Waals surface area (Å²) in [5, 5.41) is 11.9. The van der Waals surface area contributed by atoms with Gasteiger partial charge in [-0.05, 0) is 60.4 Å². The highest BCUT2D eigenvalue weighted by Crippen LogP contribution is 2.65. The Labute approximate surface area is 218 Å². The predicted molar refractivity (Wildman–Crippen MR) is 139 cm³/mol. The SMILES string of the molecule is COC(=O)c1c(N2C(=O)C3C4c5ccccc5C(C(C)O)(c5ccccc54)C3C2=O)sc2c1CCCC2. The number of imide groups is 1. The Hall–Kier alpha value is -3.29. The molecule has 188 valence electrons. The minimum absolute atomic E-state index is 0.294. The number of carbonyl (C=O) groups excluding carboxylic acids is 3. The summed E-state index contributed by atoms with van der Waals surface area (Å²) in [5.41, 5.74) is 4.02. The fourth-order valence-electron chi connectivity index (χ4n) is 7.76. The molecule has 3 aromatic rings. The number of rotatable bonds is 3. The highest BCUT2D eigenvalue weighted by atomic mass is 32.1. The molecule has 0 saturated carbocycles. The Kier molecular flexibility index (Phi) is 4.86. The monoisotopic (exact) mass is 513 g/mol. The second kappa shape index (κ2) is 7.85. The molecule has 4 aliphatic carbocycles. The maximum atomic E-state index is 14.5. The fourth-order valence-corrected chi connectivity index (χ4v) is 9.15. The van der Waals surface area contributed by atoms with Crippen molar-refractivity contribution in [1.82, 2.24) is 0 Å². The number of amides is 2. The van der Waals surface area contributed by atoms with Gasteiger partial charge in [-0.3, -0.25) is 9.59 Å². The molecular weight excluding hydrogens is 486 g/mol. The molecule has 3 atom stereocenters. The molecule has 5 aliphatic rings. The summed E-state index contributed by atoms with van der Waals surface area (Å²) >= 11 is 1.37. The number of aliphatic hydroxyl groups excluding tert-OH is 1. The number of nitrogens with zero attached hydrogens (tertiary/aromatic N) is 1. The average molecular weight is 514 g/mol. The number of anilines is 1. The molecule has 3 unspecified atom stereocenters. The number of aliphatic hydroxyl groups is 1. The van der Waals surface area contributed by atoms with E-state index in [0.717, 1.165) is 58.4 Å². The van der Waals surface area contributed by atoms with E-state index in [-0.39, 0.29) is 17.7 Å². The minimum Gasteiger partial charge on any atom is -0.465 e. The zero-order chi connectivity index (χ0) is 25.6. The lowest BCUT2D eigenvalue weighted by Gasteiger charge is -2.55. The molecule has 1 N–H and O–H groups in total. The van der Waals surface area contributed by atoms with Crippen molar-refractivity contribution in [3.05, 3.63) is 86.8 Å². The molecule has 1 aliphatic heterocycles. The third-order valence-electron chi connectivity index (χ3n) is 9.09. The molecule has 1 fully saturated rings. The Bertz CT molecular complexity index is 1460. The van der Waals surface area contributed by atoms with Crippen LogP contribution in [0.4, 0.5) is 5.00 Å². The Morgan fingerprint density at radius 1 is 1.03 bits per heavy atom. The lowest BCUT2D eigenvalue weighted by Crippen LogP contribution is -2.58. The number of hydrogen-bond acceptors (Lipinski definition) is 6. The van der Waals surface area contributed by atoms with Crippen LogP contribution in [0.2, 0.25) is 0 Å². The van der Waals surface area contributed by atoms with Crippen LogP contribution >= 0.6 is 11.3 Å². The molecule has 1 aromatic heterocycles. The summed E-state index contributed by atoms with van der Waals surface area (Å²) in [7, 11) is 1.34. The van der Waals surface area contributed by atoms with Crippen molar-refractivity contribution in [2.24, 2.45) is 11.8 Å². The highest BCUT2D eigenvalue weighted by Gasteiger charge is 2.70. The van der Waals surface area contributed by atoms with E-state index in [1.54, 1.807) is 6.92 Å². The molecule has 2 amide bonds. The molecule has 2 aromatic carbocycles. The maximum Gasteiger partial charge on any atom is 0.341 e. The Morgan fingerprint density at radius 3 is 2.27 bits per heavy atom. The van der Waals surface area contributed by atoms with E-state index in [4.69, 9.17) is 4.74 Å². The lowest BCUT2D eigenvalue weighted by molar-refractivity contribution is -0.126. The van der Waals surface area contributed by atoms with E-state index < -0.39 is 29.3 Å². The van der Waals surface area contributed by atoms with Crippen LogP contribution in [0.25, 0.3) is 0 Å². The summed E-state index contributed by atoms with van der Waals surface area (Å²) in [6.07, 6.45) is 2.61. The quantitative estimate of drug-likeness (QED) is 0.416. The number of methoxy groups -OCH3 is 1. The number of fused-ring (bicyclic) bond motifs is 1. The van der Waals surface area contributed by atoms with Crippen molar-refractivity contribution in [3.8, 4) is 0 Å². The number of aryl methyl sites for hydroxylation is 1. The summed E-state index contributed by atoms with van der Waals surface area (Å²) in [6, 6.07) is 15.8. The molecule has 2 bridgehead atoms. The zero-order valence-electron chi connectivity index (χ0n) is 20.7. The van der Waals surface area contributed by atoms with Crippen molar-refractivity contribution in [2.45, 2.75) is 50.0 Å². The topological polar surface area (TPSA) is 83.9 Å². The average Bonchev–Trinajstić information content (AvgIpc) is 3.42. The number of hydrogen-bond donors (Lipinski definition) is 1. The van der Waals surface area contributed by atoms with Gasteiger partial charge in [-0.1, -0.05) is 48.5 Å². The van der Waals surface area contributed by atoms with Crippen molar-refractivity contribution in [1.29, 1.82) is 0 Å². The van der Waals surface area contributed by atoms with Gasteiger partial charge < -0.3 is 9.84 Å². The maximum absolute atomic E-state index is 14.5. The second-order valence-electron chi connectivity index (χ2n) is 10.6. The molecule has 0 radical (unpaired) electrons. The lowest BCUT2D eigenvalue weighted by atomic mass is 9.46. The molecule has 7 heteroatoms. The number of esters is 1. The van der Waals surface area contributed by atoms with E-state index >= 15 is 0 Å². The first-order valence-corrected chi connectivity index (χ1v) is 13.7. The summed E-state index contributed by atoms with van der Waals surface area (Å²) in [4.78, 5) is 44.2. The van der Waals surface area contributed by atoms with Crippen molar-refractivity contribution >= 4 is 34.1 Å². The molecule has 1 saturated heterocycles. The van der Waals surface area contributed by atoms with Gasteiger partial charge in [-0.2, -0.15) is 0 Å². The van der Waals surface area contributed by atoms with Gasteiger partial charge in [-0.15, -0.1) is 11.3 Å². The number of thiophene rings is 1. The number of benzene rings is 2. The second-order valence-corrected chi connectivity index (χ2v) is 11.7. The first-order valence-electron chi connectivity index (χ1n) is 12.9. The number of ether oxygens (including phenoxy) is 1.